The normalized spacial score (nSPS) is 12.6. The molecule has 27 heavy (non-hydrogen) atoms. The van der Waals surface area contributed by atoms with Gasteiger partial charge in [0, 0.05) is 25.5 Å². The van der Waals surface area contributed by atoms with E-state index >= 15 is 0 Å². The summed E-state index contributed by atoms with van der Waals surface area (Å²) in [4.78, 5) is 0.629. The molecular weight excluding hydrogens is 412 g/mol. The standard InChI is InChI=1S/C14H16N6O4S3/c1-19(2)27(23,24)14-7-6-12(25-14)9-16-26(21,22)13-5-3-4-11(8-13)20-10-15-17-18-20/h3-8,10,16H,9H2,1-2H3. The van der Waals surface area contributed by atoms with Gasteiger partial charge in [0.05, 0.1) is 10.6 Å². The molecule has 3 aromatic rings. The third-order valence-electron chi connectivity index (χ3n) is 3.55. The molecule has 0 unspecified atom stereocenters. The van der Waals surface area contributed by atoms with Gasteiger partial charge in [0.15, 0.2) is 0 Å². The smallest absolute Gasteiger partial charge is 0.207 e. The van der Waals surface area contributed by atoms with E-state index in [0.29, 0.717) is 10.6 Å². The van der Waals surface area contributed by atoms with E-state index in [4.69, 9.17) is 0 Å². The molecule has 0 saturated carbocycles. The van der Waals surface area contributed by atoms with Crippen LogP contribution in [0.5, 0.6) is 0 Å². The van der Waals surface area contributed by atoms with E-state index < -0.39 is 20.0 Å². The summed E-state index contributed by atoms with van der Waals surface area (Å²) in [5, 5.41) is 10.8. The molecule has 0 bridgehead atoms. The zero-order valence-corrected chi connectivity index (χ0v) is 16.8. The van der Waals surface area contributed by atoms with Gasteiger partial charge in [-0.15, -0.1) is 16.4 Å². The lowest BCUT2D eigenvalue weighted by Gasteiger charge is -2.09. The van der Waals surface area contributed by atoms with Crippen molar-refractivity contribution in [1.29, 1.82) is 0 Å². The highest BCUT2D eigenvalue weighted by atomic mass is 32.2. The number of rotatable bonds is 7. The highest BCUT2D eigenvalue weighted by Crippen LogP contribution is 2.24. The highest BCUT2D eigenvalue weighted by molar-refractivity contribution is 7.91. The van der Waals surface area contributed by atoms with Gasteiger partial charge in [-0.3, -0.25) is 0 Å². The molecule has 0 spiro atoms. The van der Waals surface area contributed by atoms with Gasteiger partial charge in [-0.2, -0.15) is 0 Å². The molecule has 0 saturated heterocycles. The summed E-state index contributed by atoms with van der Waals surface area (Å²) in [6, 6.07) is 9.19. The Morgan fingerprint density at radius 1 is 1.15 bits per heavy atom. The minimum Gasteiger partial charge on any atom is -0.207 e. The topological polar surface area (TPSA) is 127 Å². The second-order valence-electron chi connectivity index (χ2n) is 5.58. The number of sulfonamides is 2. The Kier molecular flexibility index (Phi) is 5.39. The Labute approximate surface area is 160 Å². The fraction of sp³-hybridized carbons (Fsp3) is 0.214. The van der Waals surface area contributed by atoms with Crippen LogP contribution in [0.3, 0.4) is 0 Å². The van der Waals surface area contributed by atoms with Gasteiger partial charge in [-0.05, 0) is 40.8 Å². The highest BCUT2D eigenvalue weighted by Gasteiger charge is 2.20. The molecule has 0 aliphatic rings. The first-order valence-electron chi connectivity index (χ1n) is 7.54. The third-order valence-corrected chi connectivity index (χ3v) is 8.32. The van der Waals surface area contributed by atoms with E-state index in [0.717, 1.165) is 15.6 Å². The van der Waals surface area contributed by atoms with Crippen LogP contribution in [0.4, 0.5) is 0 Å². The molecule has 0 fully saturated rings. The van der Waals surface area contributed by atoms with Crippen molar-refractivity contribution >= 4 is 31.4 Å². The number of aromatic nitrogens is 4. The van der Waals surface area contributed by atoms with Crippen molar-refractivity contribution < 1.29 is 16.8 Å². The number of hydrogen-bond donors (Lipinski definition) is 1. The third kappa shape index (κ3) is 4.22. The average molecular weight is 429 g/mol. The van der Waals surface area contributed by atoms with E-state index in [1.54, 1.807) is 18.2 Å². The van der Waals surface area contributed by atoms with Crippen molar-refractivity contribution in [3.63, 3.8) is 0 Å². The van der Waals surface area contributed by atoms with Crippen molar-refractivity contribution in [3.8, 4) is 5.69 Å². The van der Waals surface area contributed by atoms with Crippen molar-refractivity contribution in [2.75, 3.05) is 14.1 Å². The maximum atomic E-state index is 12.5. The van der Waals surface area contributed by atoms with Crippen LogP contribution in [0, 0.1) is 0 Å². The fourth-order valence-corrected chi connectivity index (χ4v) is 5.70. The molecule has 1 N–H and O–H groups in total. The molecule has 10 nitrogen and oxygen atoms in total. The van der Waals surface area contributed by atoms with Crippen LogP contribution >= 0.6 is 11.3 Å². The molecule has 13 heteroatoms. The fourth-order valence-electron chi connectivity index (χ4n) is 2.09. The van der Waals surface area contributed by atoms with Gasteiger partial charge < -0.3 is 0 Å². The van der Waals surface area contributed by atoms with Crippen molar-refractivity contribution in [3.05, 3.63) is 47.6 Å². The minimum atomic E-state index is -3.80. The number of nitrogens with one attached hydrogen (secondary N) is 1. The molecule has 1 aromatic carbocycles. The Hall–Kier alpha value is -2.19. The van der Waals surface area contributed by atoms with Gasteiger partial charge >= 0.3 is 0 Å². The van der Waals surface area contributed by atoms with Crippen LogP contribution in [0.25, 0.3) is 5.69 Å². The van der Waals surface area contributed by atoms with Gasteiger partial charge in [-0.25, -0.2) is 30.5 Å². The summed E-state index contributed by atoms with van der Waals surface area (Å²) in [6.07, 6.45) is 1.36. The van der Waals surface area contributed by atoms with E-state index in [1.807, 2.05) is 0 Å². The monoisotopic (exact) mass is 428 g/mol. The van der Waals surface area contributed by atoms with Gasteiger partial charge in [0.25, 0.3) is 10.0 Å². The van der Waals surface area contributed by atoms with Crippen LogP contribution in [0.15, 0.2) is 51.8 Å². The molecule has 2 heterocycles. The molecule has 0 radical (unpaired) electrons. The van der Waals surface area contributed by atoms with E-state index in [-0.39, 0.29) is 15.6 Å². The number of nitrogens with zero attached hydrogens (tertiary/aromatic N) is 5. The maximum Gasteiger partial charge on any atom is 0.252 e. The SMILES string of the molecule is CN(C)S(=O)(=O)c1ccc(CNS(=O)(=O)c2cccc(-n3cnnn3)c2)s1. The van der Waals surface area contributed by atoms with Crippen molar-refractivity contribution in [2.45, 2.75) is 15.6 Å². The van der Waals surface area contributed by atoms with E-state index in [9.17, 15) is 16.8 Å². The van der Waals surface area contributed by atoms with E-state index in [1.165, 1.54) is 43.3 Å². The molecule has 2 aromatic heterocycles. The lowest BCUT2D eigenvalue weighted by molar-refractivity contribution is 0.523. The van der Waals surface area contributed by atoms with Crippen molar-refractivity contribution in [2.24, 2.45) is 0 Å². The molecule has 3 rings (SSSR count). The molecule has 0 atom stereocenters. The number of thiophene rings is 1. The summed E-state index contributed by atoms with van der Waals surface area (Å²) < 4.78 is 54.4. The van der Waals surface area contributed by atoms with Gasteiger partial charge in [-0.1, -0.05) is 6.07 Å². The predicted molar refractivity (Wildman–Crippen MR) is 98.4 cm³/mol. The average Bonchev–Trinajstić information content (AvgIpc) is 3.32. The molecule has 0 aliphatic carbocycles. The number of benzene rings is 1. The minimum absolute atomic E-state index is 0.0228. The first-order valence-corrected chi connectivity index (χ1v) is 11.3. The Morgan fingerprint density at radius 3 is 2.59 bits per heavy atom. The van der Waals surface area contributed by atoms with Crippen LogP contribution in [0.2, 0.25) is 0 Å². The second-order valence-corrected chi connectivity index (χ2v) is 10.9. The predicted octanol–water partition coefficient (Wildman–Crippen LogP) is 0.453. The van der Waals surface area contributed by atoms with Gasteiger partial charge in [0.1, 0.15) is 10.5 Å². The summed E-state index contributed by atoms with van der Waals surface area (Å²) in [6.45, 7) is -0.0228. The van der Waals surface area contributed by atoms with Crippen molar-refractivity contribution in [1.82, 2.24) is 29.2 Å². The van der Waals surface area contributed by atoms with Crippen LogP contribution in [-0.2, 0) is 26.6 Å². The maximum absolute atomic E-state index is 12.5. The first-order chi connectivity index (χ1) is 12.7. The quantitative estimate of drug-likeness (QED) is 0.579. The van der Waals surface area contributed by atoms with Gasteiger partial charge in [0.2, 0.25) is 10.0 Å². The molecule has 0 amide bonds. The summed E-state index contributed by atoms with van der Waals surface area (Å²) in [5.74, 6) is 0. The van der Waals surface area contributed by atoms with Crippen LogP contribution < -0.4 is 4.72 Å². The number of tetrazole rings is 1. The zero-order chi connectivity index (χ0) is 19.7. The summed E-state index contributed by atoms with van der Waals surface area (Å²) in [7, 11) is -4.46. The zero-order valence-electron chi connectivity index (χ0n) is 14.3. The van der Waals surface area contributed by atoms with Crippen LogP contribution in [-0.4, -0.2) is 55.4 Å². The number of hydrogen-bond acceptors (Lipinski definition) is 8. The van der Waals surface area contributed by atoms with Crippen LogP contribution in [0.1, 0.15) is 4.88 Å². The Bertz CT molecular complexity index is 1140. The molecular formula is C14H16N6O4S3. The Balaban J connectivity index is 1.77. The summed E-state index contributed by atoms with van der Waals surface area (Å²) >= 11 is 1.02. The summed E-state index contributed by atoms with van der Waals surface area (Å²) in [5.41, 5.74) is 0.498. The van der Waals surface area contributed by atoms with E-state index in [2.05, 4.69) is 20.2 Å². The lowest BCUT2D eigenvalue weighted by atomic mass is 10.3. The molecule has 144 valence electrons. The second kappa shape index (κ2) is 7.44. The molecule has 0 aliphatic heterocycles. The largest absolute Gasteiger partial charge is 0.252 e. The Morgan fingerprint density at radius 2 is 1.93 bits per heavy atom. The first kappa shape index (κ1) is 19.6. The lowest BCUT2D eigenvalue weighted by Crippen LogP contribution is -2.23.